The van der Waals surface area contributed by atoms with Crippen LogP contribution in [0.3, 0.4) is 0 Å². The summed E-state index contributed by atoms with van der Waals surface area (Å²) in [5.41, 5.74) is 2.68. The summed E-state index contributed by atoms with van der Waals surface area (Å²) in [6.45, 7) is 8.06. The number of nitrogens with zero attached hydrogens (tertiary/aromatic N) is 2. The first-order valence-corrected chi connectivity index (χ1v) is 8.36. The summed E-state index contributed by atoms with van der Waals surface area (Å²) in [4.78, 5) is 4.74. The van der Waals surface area contributed by atoms with E-state index in [1.54, 1.807) is 0 Å². The van der Waals surface area contributed by atoms with Crippen LogP contribution in [0, 0.1) is 0 Å². The van der Waals surface area contributed by atoms with Crippen molar-refractivity contribution in [2.75, 3.05) is 38.6 Å². The molecule has 0 saturated carbocycles. The van der Waals surface area contributed by atoms with Crippen molar-refractivity contribution in [3.63, 3.8) is 0 Å². The van der Waals surface area contributed by atoms with Crippen LogP contribution in [0.5, 0.6) is 0 Å². The van der Waals surface area contributed by atoms with Crippen LogP contribution in [-0.4, -0.2) is 44.7 Å². The number of nitrogens with one attached hydrogen (secondary N) is 1. The standard InChI is InChI=1S/C18H31N3/c1-5-21(14-17-8-6-7-13-19-17)15(2)16-9-11-18(12-10-16)20(3)4/h9-12,15,17,19H,5-8,13-14H2,1-4H3. The summed E-state index contributed by atoms with van der Waals surface area (Å²) in [6, 6.07) is 10.1. The number of rotatable bonds is 6. The molecule has 1 aliphatic heterocycles. The van der Waals surface area contributed by atoms with E-state index in [9.17, 15) is 0 Å². The minimum atomic E-state index is 0.481. The fourth-order valence-corrected chi connectivity index (χ4v) is 3.19. The zero-order valence-electron chi connectivity index (χ0n) is 14.1. The lowest BCUT2D eigenvalue weighted by molar-refractivity contribution is 0.184. The molecule has 0 radical (unpaired) electrons. The molecule has 2 atom stereocenters. The number of anilines is 1. The van der Waals surface area contributed by atoms with Crippen molar-refractivity contribution in [2.45, 2.75) is 45.2 Å². The Bertz CT molecular complexity index is 407. The van der Waals surface area contributed by atoms with Gasteiger partial charge in [0.1, 0.15) is 0 Å². The number of piperidine rings is 1. The van der Waals surface area contributed by atoms with Crippen molar-refractivity contribution >= 4 is 5.69 Å². The Morgan fingerprint density at radius 2 is 1.90 bits per heavy atom. The predicted octanol–water partition coefficient (Wildman–Crippen LogP) is 3.28. The number of likely N-dealkylation sites (N-methyl/N-ethyl adjacent to an activating group) is 1. The molecule has 2 rings (SSSR count). The summed E-state index contributed by atoms with van der Waals surface area (Å²) in [5, 5.41) is 3.67. The van der Waals surface area contributed by atoms with E-state index in [1.165, 1.54) is 37.1 Å². The second kappa shape index (κ2) is 7.81. The van der Waals surface area contributed by atoms with Crippen LogP contribution in [0.1, 0.15) is 44.7 Å². The van der Waals surface area contributed by atoms with Crippen molar-refractivity contribution in [2.24, 2.45) is 0 Å². The molecule has 1 fully saturated rings. The first-order chi connectivity index (χ1) is 10.1. The third-order valence-corrected chi connectivity index (χ3v) is 4.71. The van der Waals surface area contributed by atoms with E-state index in [1.807, 2.05) is 0 Å². The predicted molar refractivity (Wildman–Crippen MR) is 92.1 cm³/mol. The minimum absolute atomic E-state index is 0.481. The molecule has 2 unspecified atom stereocenters. The van der Waals surface area contributed by atoms with Crippen molar-refractivity contribution in [1.82, 2.24) is 10.2 Å². The summed E-state index contributed by atoms with van der Waals surface area (Å²) in [7, 11) is 4.18. The summed E-state index contributed by atoms with van der Waals surface area (Å²) in [5.74, 6) is 0. The third-order valence-electron chi connectivity index (χ3n) is 4.71. The minimum Gasteiger partial charge on any atom is -0.378 e. The second-order valence-corrected chi connectivity index (χ2v) is 6.40. The van der Waals surface area contributed by atoms with Gasteiger partial charge in [0.25, 0.3) is 0 Å². The molecule has 0 spiro atoms. The van der Waals surface area contributed by atoms with E-state index in [-0.39, 0.29) is 0 Å². The lowest BCUT2D eigenvalue weighted by atomic mass is 10.0. The zero-order valence-corrected chi connectivity index (χ0v) is 14.1. The molecule has 118 valence electrons. The van der Waals surface area contributed by atoms with Gasteiger partial charge in [0.2, 0.25) is 0 Å². The average Bonchev–Trinajstić information content (AvgIpc) is 2.53. The molecule has 1 saturated heterocycles. The fraction of sp³-hybridized carbons (Fsp3) is 0.667. The van der Waals surface area contributed by atoms with Gasteiger partial charge in [0.05, 0.1) is 0 Å². The average molecular weight is 289 g/mol. The quantitative estimate of drug-likeness (QED) is 0.867. The molecule has 21 heavy (non-hydrogen) atoms. The molecule has 1 aromatic rings. The molecule has 1 heterocycles. The summed E-state index contributed by atoms with van der Waals surface area (Å²) >= 11 is 0. The second-order valence-electron chi connectivity index (χ2n) is 6.40. The molecular formula is C18H31N3. The molecule has 0 aliphatic carbocycles. The van der Waals surface area contributed by atoms with Gasteiger partial charge in [-0.3, -0.25) is 4.90 Å². The van der Waals surface area contributed by atoms with Crippen LogP contribution >= 0.6 is 0 Å². The van der Waals surface area contributed by atoms with Crippen LogP contribution in [0.15, 0.2) is 24.3 Å². The first kappa shape index (κ1) is 16.3. The smallest absolute Gasteiger partial charge is 0.0361 e. The van der Waals surface area contributed by atoms with Gasteiger partial charge < -0.3 is 10.2 Å². The Kier molecular flexibility index (Phi) is 6.07. The van der Waals surface area contributed by atoms with E-state index < -0.39 is 0 Å². The van der Waals surface area contributed by atoms with Crippen LogP contribution < -0.4 is 10.2 Å². The highest BCUT2D eigenvalue weighted by Crippen LogP contribution is 2.23. The molecule has 1 aromatic carbocycles. The maximum Gasteiger partial charge on any atom is 0.0361 e. The largest absolute Gasteiger partial charge is 0.378 e. The fourth-order valence-electron chi connectivity index (χ4n) is 3.19. The van der Waals surface area contributed by atoms with Gasteiger partial charge in [-0.05, 0) is 50.6 Å². The van der Waals surface area contributed by atoms with E-state index >= 15 is 0 Å². The summed E-state index contributed by atoms with van der Waals surface area (Å²) < 4.78 is 0. The molecule has 1 aliphatic rings. The maximum atomic E-state index is 3.67. The van der Waals surface area contributed by atoms with Crippen LogP contribution in [0.25, 0.3) is 0 Å². The van der Waals surface area contributed by atoms with Gasteiger partial charge in [-0.2, -0.15) is 0 Å². The molecule has 0 bridgehead atoms. The highest BCUT2D eigenvalue weighted by Gasteiger charge is 2.20. The Morgan fingerprint density at radius 3 is 2.43 bits per heavy atom. The van der Waals surface area contributed by atoms with Crippen LogP contribution in [-0.2, 0) is 0 Å². The van der Waals surface area contributed by atoms with E-state index in [0.717, 1.165) is 13.1 Å². The Morgan fingerprint density at radius 1 is 1.19 bits per heavy atom. The molecule has 0 amide bonds. The molecule has 1 N–H and O–H groups in total. The topological polar surface area (TPSA) is 18.5 Å². The number of hydrogen-bond acceptors (Lipinski definition) is 3. The third kappa shape index (κ3) is 4.45. The molecule has 3 heteroatoms. The molecule has 0 aromatic heterocycles. The molecular weight excluding hydrogens is 258 g/mol. The molecule has 3 nitrogen and oxygen atoms in total. The Balaban J connectivity index is 1.99. The lowest BCUT2D eigenvalue weighted by Crippen LogP contribution is -2.44. The van der Waals surface area contributed by atoms with Crippen molar-refractivity contribution in [1.29, 1.82) is 0 Å². The normalized spacial score (nSPS) is 20.5. The maximum absolute atomic E-state index is 3.67. The summed E-state index contributed by atoms with van der Waals surface area (Å²) in [6.07, 6.45) is 4.04. The monoisotopic (exact) mass is 289 g/mol. The van der Waals surface area contributed by atoms with Crippen molar-refractivity contribution < 1.29 is 0 Å². The van der Waals surface area contributed by atoms with Gasteiger partial charge in [0.15, 0.2) is 0 Å². The Labute approximate surface area is 130 Å². The van der Waals surface area contributed by atoms with Crippen LogP contribution in [0.4, 0.5) is 5.69 Å². The first-order valence-electron chi connectivity index (χ1n) is 8.36. The van der Waals surface area contributed by atoms with E-state index in [0.29, 0.717) is 12.1 Å². The van der Waals surface area contributed by atoms with Crippen LogP contribution in [0.2, 0.25) is 0 Å². The van der Waals surface area contributed by atoms with Gasteiger partial charge in [0, 0.05) is 38.4 Å². The van der Waals surface area contributed by atoms with Crippen molar-refractivity contribution in [3.8, 4) is 0 Å². The highest BCUT2D eigenvalue weighted by molar-refractivity contribution is 5.46. The highest BCUT2D eigenvalue weighted by atomic mass is 15.2. The zero-order chi connectivity index (χ0) is 15.2. The van der Waals surface area contributed by atoms with Gasteiger partial charge in [-0.15, -0.1) is 0 Å². The van der Waals surface area contributed by atoms with Gasteiger partial charge >= 0.3 is 0 Å². The van der Waals surface area contributed by atoms with Crippen molar-refractivity contribution in [3.05, 3.63) is 29.8 Å². The number of benzene rings is 1. The van der Waals surface area contributed by atoms with Gasteiger partial charge in [-0.1, -0.05) is 25.5 Å². The van der Waals surface area contributed by atoms with Gasteiger partial charge in [-0.25, -0.2) is 0 Å². The number of hydrogen-bond donors (Lipinski definition) is 1. The Hall–Kier alpha value is -1.06. The van der Waals surface area contributed by atoms with E-state index in [4.69, 9.17) is 0 Å². The van der Waals surface area contributed by atoms with E-state index in [2.05, 4.69) is 67.3 Å². The SMILES string of the molecule is CCN(CC1CCCCN1)C(C)c1ccc(N(C)C)cc1. The lowest BCUT2D eigenvalue weighted by Gasteiger charge is -2.34.